The molecule has 0 saturated heterocycles. The Balaban J connectivity index is 3.38. The quantitative estimate of drug-likeness (QED) is 0.271. The summed E-state index contributed by atoms with van der Waals surface area (Å²) in [5, 5.41) is 0. The van der Waals surface area contributed by atoms with Crippen LogP contribution in [-0.4, -0.2) is 44.5 Å². The molecule has 0 bridgehead atoms. The van der Waals surface area contributed by atoms with E-state index in [0.29, 0.717) is 0 Å². The molecule has 0 atom stereocenters. The first-order valence-corrected chi connectivity index (χ1v) is 9.66. The summed E-state index contributed by atoms with van der Waals surface area (Å²) in [5.41, 5.74) is 0. The number of nitrogens with zero attached hydrogens (tertiary/aromatic N) is 1. The smallest absolute Gasteiger partial charge is 0.170 e. The summed E-state index contributed by atoms with van der Waals surface area (Å²) in [6.45, 7) is 9.78. The van der Waals surface area contributed by atoms with Crippen molar-refractivity contribution in [3.63, 3.8) is 0 Å². The van der Waals surface area contributed by atoms with Gasteiger partial charge >= 0.3 is 0 Å². The van der Waals surface area contributed by atoms with Crippen LogP contribution in [0.1, 0.15) is 85.0 Å². The minimum Gasteiger partial charge on any atom is -0.352 e. The first kappa shape index (κ1) is 21.9. The monoisotopic (exact) mass is 315 g/mol. The lowest BCUT2D eigenvalue weighted by Crippen LogP contribution is -2.33. The molecule has 0 radical (unpaired) electrons. The number of hydrogen-bond donors (Lipinski definition) is 0. The average molecular weight is 316 g/mol. The van der Waals surface area contributed by atoms with E-state index in [9.17, 15) is 0 Å². The molecule has 0 aliphatic heterocycles. The van der Waals surface area contributed by atoms with Crippen molar-refractivity contribution >= 4 is 0 Å². The summed E-state index contributed by atoms with van der Waals surface area (Å²) in [6, 6.07) is 0. The lowest BCUT2D eigenvalue weighted by atomic mass is 10.1. The topological polar surface area (TPSA) is 21.7 Å². The Hall–Kier alpha value is -0.120. The van der Waals surface area contributed by atoms with Gasteiger partial charge in [-0.1, -0.05) is 64.7 Å². The molecule has 0 saturated carbocycles. The van der Waals surface area contributed by atoms with Gasteiger partial charge in [0.2, 0.25) is 0 Å². The lowest BCUT2D eigenvalue weighted by molar-refractivity contribution is -0.145. The summed E-state index contributed by atoms with van der Waals surface area (Å²) < 4.78 is 11.2. The number of likely N-dealkylation sites (N-methyl/N-ethyl adjacent to an activating group) is 1. The standard InChI is InChI=1S/C19H41NO2/c1-5-8-9-10-11-12-13-14-15-16-17-20(4)18-19(21-6-2)22-7-3/h19H,5-18H2,1-4H3. The zero-order chi connectivity index (χ0) is 16.5. The SMILES string of the molecule is CCCCCCCCCCCCN(C)CC(OCC)OCC. The molecule has 0 aromatic carbocycles. The van der Waals surface area contributed by atoms with Crippen LogP contribution in [-0.2, 0) is 9.47 Å². The summed E-state index contributed by atoms with van der Waals surface area (Å²) >= 11 is 0. The maximum Gasteiger partial charge on any atom is 0.170 e. The molecule has 0 aromatic rings. The molecule has 0 N–H and O–H groups in total. The molecule has 3 heteroatoms. The molecule has 0 rings (SSSR count). The molecule has 0 spiro atoms. The van der Waals surface area contributed by atoms with Gasteiger partial charge in [0.25, 0.3) is 0 Å². The van der Waals surface area contributed by atoms with Crippen LogP contribution in [0.2, 0.25) is 0 Å². The number of rotatable bonds is 17. The third-order valence-electron chi connectivity index (χ3n) is 4.06. The van der Waals surface area contributed by atoms with Crippen LogP contribution in [0.4, 0.5) is 0 Å². The highest BCUT2D eigenvalue weighted by Crippen LogP contribution is 2.10. The van der Waals surface area contributed by atoms with E-state index in [0.717, 1.165) is 26.3 Å². The number of hydrogen-bond acceptors (Lipinski definition) is 3. The molecule has 0 aromatic heterocycles. The van der Waals surface area contributed by atoms with Crippen molar-refractivity contribution in [3.05, 3.63) is 0 Å². The number of ether oxygens (including phenoxy) is 2. The Bertz CT molecular complexity index is 206. The van der Waals surface area contributed by atoms with E-state index >= 15 is 0 Å². The molecule has 0 aliphatic carbocycles. The third-order valence-corrected chi connectivity index (χ3v) is 4.06. The van der Waals surface area contributed by atoms with Crippen molar-refractivity contribution in [2.45, 2.75) is 91.3 Å². The van der Waals surface area contributed by atoms with Crippen molar-refractivity contribution in [1.82, 2.24) is 4.90 Å². The zero-order valence-electron chi connectivity index (χ0n) is 15.7. The normalized spacial score (nSPS) is 11.7. The van der Waals surface area contributed by atoms with Gasteiger partial charge in [0.05, 0.1) is 0 Å². The van der Waals surface area contributed by atoms with Crippen molar-refractivity contribution in [2.24, 2.45) is 0 Å². The zero-order valence-corrected chi connectivity index (χ0v) is 15.7. The van der Waals surface area contributed by atoms with Crippen molar-refractivity contribution in [2.75, 3.05) is 33.4 Å². The van der Waals surface area contributed by atoms with E-state index in [1.54, 1.807) is 0 Å². The van der Waals surface area contributed by atoms with Gasteiger partial charge in [-0.3, -0.25) is 0 Å². The first-order valence-electron chi connectivity index (χ1n) is 9.66. The van der Waals surface area contributed by atoms with Crippen LogP contribution < -0.4 is 0 Å². The molecule has 0 heterocycles. The van der Waals surface area contributed by atoms with E-state index in [1.807, 2.05) is 13.8 Å². The summed E-state index contributed by atoms with van der Waals surface area (Å²) in [5.74, 6) is 0. The van der Waals surface area contributed by atoms with E-state index < -0.39 is 0 Å². The van der Waals surface area contributed by atoms with Crippen LogP contribution in [0.25, 0.3) is 0 Å². The van der Waals surface area contributed by atoms with Crippen LogP contribution in [0.3, 0.4) is 0 Å². The van der Waals surface area contributed by atoms with Crippen LogP contribution in [0.15, 0.2) is 0 Å². The molecule has 0 amide bonds. The van der Waals surface area contributed by atoms with E-state index in [1.165, 1.54) is 64.2 Å². The second-order valence-corrected chi connectivity index (χ2v) is 6.28. The van der Waals surface area contributed by atoms with E-state index in [-0.39, 0.29) is 6.29 Å². The highest BCUT2D eigenvalue weighted by atomic mass is 16.7. The minimum atomic E-state index is -0.0666. The van der Waals surface area contributed by atoms with Gasteiger partial charge in [-0.15, -0.1) is 0 Å². The Kier molecular flexibility index (Phi) is 17.1. The van der Waals surface area contributed by atoms with Crippen molar-refractivity contribution in [3.8, 4) is 0 Å². The maximum atomic E-state index is 5.59. The fourth-order valence-electron chi connectivity index (χ4n) is 2.74. The predicted octanol–water partition coefficient (Wildman–Crippen LogP) is 5.24. The summed E-state index contributed by atoms with van der Waals surface area (Å²) in [4.78, 5) is 2.33. The molecule has 22 heavy (non-hydrogen) atoms. The van der Waals surface area contributed by atoms with Gasteiger partial charge in [0, 0.05) is 19.8 Å². The predicted molar refractivity (Wildman–Crippen MR) is 96.4 cm³/mol. The molecule has 0 unspecified atom stereocenters. The average Bonchev–Trinajstić information content (AvgIpc) is 2.49. The van der Waals surface area contributed by atoms with Gasteiger partial charge in [-0.25, -0.2) is 0 Å². The van der Waals surface area contributed by atoms with Crippen LogP contribution in [0.5, 0.6) is 0 Å². The highest BCUT2D eigenvalue weighted by Gasteiger charge is 2.10. The summed E-state index contributed by atoms with van der Waals surface area (Å²) in [6.07, 6.45) is 13.9. The van der Waals surface area contributed by atoms with E-state index in [2.05, 4.69) is 18.9 Å². The third kappa shape index (κ3) is 14.8. The van der Waals surface area contributed by atoms with Gasteiger partial charge in [-0.05, 0) is 33.9 Å². The molecule has 0 aliphatic rings. The molecular formula is C19H41NO2. The second-order valence-electron chi connectivity index (χ2n) is 6.28. The largest absolute Gasteiger partial charge is 0.352 e. The second kappa shape index (κ2) is 17.2. The van der Waals surface area contributed by atoms with Gasteiger partial charge in [0.1, 0.15) is 0 Å². The molecule has 134 valence electrons. The fourth-order valence-corrected chi connectivity index (χ4v) is 2.74. The molecule has 3 nitrogen and oxygen atoms in total. The Morgan fingerprint density at radius 3 is 1.59 bits per heavy atom. The maximum absolute atomic E-state index is 5.59. The van der Waals surface area contributed by atoms with Crippen molar-refractivity contribution in [1.29, 1.82) is 0 Å². The Labute approximate surface area is 139 Å². The Morgan fingerprint density at radius 2 is 1.14 bits per heavy atom. The van der Waals surface area contributed by atoms with Crippen LogP contribution >= 0.6 is 0 Å². The number of unbranched alkanes of at least 4 members (excludes halogenated alkanes) is 9. The van der Waals surface area contributed by atoms with Gasteiger partial charge in [0.15, 0.2) is 6.29 Å². The Morgan fingerprint density at radius 1 is 0.682 bits per heavy atom. The van der Waals surface area contributed by atoms with Crippen LogP contribution in [0, 0.1) is 0 Å². The van der Waals surface area contributed by atoms with Gasteiger partial charge in [-0.2, -0.15) is 0 Å². The lowest BCUT2D eigenvalue weighted by Gasteiger charge is -2.23. The summed E-state index contributed by atoms with van der Waals surface area (Å²) in [7, 11) is 2.17. The highest BCUT2D eigenvalue weighted by molar-refractivity contribution is 4.56. The first-order chi connectivity index (χ1) is 10.7. The molecular weight excluding hydrogens is 274 g/mol. The fraction of sp³-hybridized carbons (Fsp3) is 1.00. The van der Waals surface area contributed by atoms with E-state index in [4.69, 9.17) is 9.47 Å². The molecule has 0 fully saturated rings. The van der Waals surface area contributed by atoms with Gasteiger partial charge < -0.3 is 14.4 Å². The van der Waals surface area contributed by atoms with Crippen molar-refractivity contribution < 1.29 is 9.47 Å². The minimum absolute atomic E-state index is 0.0666.